The van der Waals surface area contributed by atoms with Crippen LogP contribution in [-0.4, -0.2) is 24.6 Å². The smallest absolute Gasteiger partial charge is 0.329 e. The largest absolute Gasteiger partial charge is 0.489 e. The quantitative estimate of drug-likeness (QED) is 0.331. The van der Waals surface area contributed by atoms with Crippen molar-refractivity contribution in [2.75, 3.05) is 6.54 Å². The van der Waals surface area contributed by atoms with Gasteiger partial charge in [0.2, 0.25) is 0 Å². The van der Waals surface area contributed by atoms with Gasteiger partial charge >= 0.3 is 11.8 Å². The molecule has 0 aliphatic rings. The fourth-order valence-electron chi connectivity index (χ4n) is 2.07. The van der Waals surface area contributed by atoms with Gasteiger partial charge in [-0.1, -0.05) is 43.7 Å². The summed E-state index contributed by atoms with van der Waals surface area (Å²) in [6.07, 6.45) is 3.25. The number of carbonyl (C=O) groups excluding carboxylic acids is 2. The maximum Gasteiger partial charge on any atom is 0.329 e. The number of unbranched alkanes of at least 4 members (excludes halogenated alkanes) is 1. The van der Waals surface area contributed by atoms with Gasteiger partial charge < -0.3 is 10.1 Å². The van der Waals surface area contributed by atoms with Crippen molar-refractivity contribution >= 4 is 18.0 Å². The molecule has 26 heavy (non-hydrogen) atoms. The molecule has 0 atom stereocenters. The first kappa shape index (κ1) is 19.2. The van der Waals surface area contributed by atoms with Gasteiger partial charge in [-0.2, -0.15) is 5.10 Å². The van der Waals surface area contributed by atoms with Crippen LogP contribution in [-0.2, 0) is 16.2 Å². The van der Waals surface area contributed by atoms with Crippen LogP contribution in [0.25, 0.3) is 0 Å². The number of carbonyl (C=O) groups is 2. The standard InChI is InChI=1S/C20H23N3O3/c1-2-3-13-21-19(24)20(25)23-22-14-16-9-11-18(12-10-16)26-15-17-7-5-4-6-8-17/h4-12,14H,2-3,13,15H2,1H3,(H,21,24)(H,23,25)/b22-14+. The van der Waals surface area contributed by atoms with E-state index < -0.39 is 11.8 Å². The lowest BCUT2D eigenvalue weighted by Crippen LogP contribution is -2.38. The molecule has 0 spiro atoms. The van der Waals surface area contributed by atoms with Gasteiger partial charge in [0.1, 0.15) is 12.4 Å². The fraction of sp³-hybridized carbons (Fsp3) is 0.250. The summed E-state index contributed by atoms with van der Waals surface area (Å²) in [5.41, 5.74) is 4.08. The lowest BCUT2D eigenvalue weighted by Gasteiger charge is -2.06. The van der Waals surface area contributed by atoms with E-state index in [2.05, 4.69) is 15.8 Å². The third kappa shape index (κ3) is 6.76. The van der Waals surface area contributed by atoms with Crippen LogP contribution in [0.2, 0.25) is 0 Å². The molecule has 0 fully saturated rings. The molecule has 2 aromatic rings. The Morgan fingerprint density at radius 3 is 2.46 bits per heavy atom. The molecule has 0 aliphatic carbocycles. The molecule has 2 N–H and O–H groups in total. The van der Waals surface area contributed by atoms with Gasteiger partial charge in [-0.15, -0.1) is 0 Å². The average Bonchev–Trinajstić information content (AvgIpc) is 2.68. The molecular weight excluding hydrogens is 330 g/mol. The zero-order valence-corrected chi connectivity index (χ0v) is 14.8. The van der Waals surface area contributed by atoms with Crippen LogP contribution in [0.4, 0.5) is 0 Å². The molecule has 6 heteroatoms. The van der Waals surface area contributed by atoms with E-state index in [9.17, 15) is 9.59 Å². The highest BCUT2D eigenvalue weighted by molar-refractivity contribution is 6.35. The minimum absolute atomic E-state index is 0.483. The number of nitrogens with one attached hydrogen (secondary N) is 2. The summed E-state index contributed by atoms with van der Waals surface area (Å²) in [5.74, 6) is -0.717. The van der Waals surface area contributed by atoms with Crippen molar-refractivity contribution in [3.05, 3.63) is 65.7 Å². The van der Waals surface area contributed by atoms with E-state index in [-0.39, 0.29) is 0 Å². The number of hydrogen-bond donors (Lipinski definition) is 2. The van der Waals surface area contributed by atoms with Crippen molar-refractivity contribution in [3.63, 3.8) is 0 Å². The van der Waals surface area contributed by atoms with Crippen molar-refractivity contribution in [1.82, 2.24) is 10.7 Å². The van der Waals surface area contributed by atoms with Crippen molar-refractivity contribution in [2.24, 2.45) is 5.10 Å². The summed E-state index contributed by atoms with van der Waals surface area (Å²) >= 11 is 0. The molecule has 0 saturated carbocycles. The number of hydrogen-bond acceptors (Lipinski definition) is 4. The van der Waals surface area contributed by atoms with Crippen molar-refractivity contribution in [3.8, 4) is 5.75 Å². The first-order valence-corrected chi connectivity index (χ1v) is 8.57. The third-order valence-electron chi connectivity index (χ3n) is 3.53. The number of hydrazone groups is 1. The summed E-state index contributed by atoms with van der Waals surface area (Å²) in [4.78, 5) is 23.0. The monoisotopic (exact) mass is 353 g/mol. The van der Waals surface area contributed by atoms with Crippen molar-refractivity contribution in [1.29, 1.82) is 0 Å². The zero-order chi connectivity index (χ0) is 18.6. The minimum atomic E-state index is -0.778. The SMILES string of the molecule is CCCCNC(=O)C(=O)N/N=C/c1ccc(OCc2ccccc2)cc1. The molecule has 2 amide bonds. The van der Waals surface area contributed by atoms with Crippen LogP contribution in [0.3, 0.4) is 0 Å². The Labute approximate surface area is 153 Å². The topological polar surface area (TPSA) is 79.8 Å². The van der Waals surface area contributed by atoms with Crippen LogP contribution in [0.15, 0.2) is 59.7 Å². The van der Waals surface area contributed by atoms with Gasteiger partial charge in [0.15, 0.2) is 0 Å². The number of ether oxygens (including phenoxy) is 1. The van der Waals surface area contributed by atoms with Crippen LogP contribution < -0.4 is 15.5 Å². The Balaban J connectivity index is 1.76. The predicted octanol–water partition coefficient (Wildman–Crippen LogP) is 2.63. The van der Waals surface area contributed by atoms with Crippen molar-refractivity contribution < 1.29 is 14.3 Å². The molecule has 0 radical (unpaired) electrons. The van der Waals surface area contributed by atoms with E-state index in [0.29, 0.717) is 13.2 Å². The second kappa shape index (κ2) is 10.7. The van der Waals surface area contributed by atoms with Gasteiger partial charge in [-0.25, -0.2) is 5.43 Å². The summed E-state index contributed by atoms with van der Waals surface area (Å²) in [7, 11) is 0. The van der Waals surface area contributed by atoms with Crippen LogP contribution in [0, 0.1) is 0 Å². The lowest BCUT2D eigenvalue weighted by atomic mass is 10.2. The van der Waals surface area contributed by atoms with Gasteiger partial charge in [-0.3, -0.25) is 9.59 Å². The molecule has 6 nitrogen and oxygen atoms in total. The average molecular weight is 353 g/mol. The Morgan fingerprint density at radius 2 is 1.77 bits per heavy atom. The first-order chi connectivity index (χ1) is 12.7. The maximum absolute atomic E-state index is 11.5. The maximum atomic E-state index is 11.5. The second-order valence-corrected chi connectivity index (χ2v) is 5.65. The summed E-state index contributed by atoms with van der Waals surface area (Å²) in [6.45, 7) is 2.99. The second-order valence-electron chi connectivity index (χ2n) is 5.65. The Morgan fingerprint density at radius 1 is 1.04 bits per heavy atom. The zero-order valence-electron chi connectivity index (χ0n) is 14.8. The molecule has 0 heterocycles. The molecular formula is C20H23N3O3. The van der Waals surface area contributed by atoms with Gasteiger partial charge in [0.25, 0.3) is 0 Å². The van der Waals surface area contributed by atoms with Gasteiger partial charge in [-0.05, 0) is 41.8 Å². The number of rotatable bonds is 8. The fourth-order valence-corrected chi connectivity index (χ4v) is 2.07. The molecule has 0 aliphatic heterocycles. The summed E-state index contributed by atoms with van der Waals surface area (Å²) in [6, 6.07) is 17.2. The van der Waals surface area contributed by atoms with E-state index in [1.165, 1.54) is 6.21 Å². The van der Waals surface area contributed by atoms with Gasteiger partial charge in [0, 0.05) is 6.54 Å². The van der Waals surface area contributed by atoms with E-state index in [0.717, 1.165) is 29.7 Å². The number of benzene rings is 2. The highest BCUT2D eigenvalue weighted by atomic mass is 16.5. The predicted molar refractivity (Wildman–Crippen MR) is 101 cm³/mol. The molecule has 2 aromatic carbocycles. The molecule has 2 rings (SSSR count). The highest BCUT2D eigenvalue weighted by Crippen LogP contribution is 2.13. The number of amides is 2. The normalized spacial score (nSPS) is 10.5. The molecule has 0 saturated heterocycles. The Kier molecular flexibility index (Phi) is 7.86. The summed E-state index contributed by atoms with van der Waals surface area (Å²) < 4.78 is 5.70. The first-order valence-electron chi connectivity index (χ1n) is 8.57. The lowest BCUT2D eigenvalue weighted by molar-refractivity contribution is -0.139. The molecule has 0 aromatic heterocycles. The van der Waals surface area contributed by atoms with E-state index in [1.807, 2.05) is 61.5 Å². The number of nitrogens with zero attached hydrogens (tertiary/aromatic N) is 1. The third-order valence-corrected chi connectivity index (χ3v) is 3.53. The van der Waals surface area contributed by atoms with E-state index in [1.54, 1.807) is 0 Å². The molecule has 136 valence electrons. The van der Waals surface area contributed by atoms with Crippen molar-refractivity contribution in [2.45, 2.75) is 26.4 Å². The Hall–Kier alpha value is -3.15. The minimum Gasteiger partial charge on any atom is -0.489 e. The highest BCUT2D eigenvalue weighted by Gasteiger charge is 2.10. The Bertz CT molecular complexity index is 728. The molecule has 0 bridgehead atoms. The van der Waals surface area contributed by atoms with Gasteiger partial charge in [0.05, 0.1) is 6.21 Å². The van der Waals surface area contributed by atoms with E-state index >= 15 is 0 Å². The molecule has 0 unspecified atom stereocenters. The summed E-state index contributed by atoms with van der Waals surface area (Å²) in [5, 5.41) is 6.31. The van der Waals surface area contributed by atoms with E-state index in [4.69, 9.17) is 4.74 Å². The van der Waals surface area contributed by atoms with Crippen LogP contribution in [0.1, 0.15) is 30.9 Å². The van der Waals surface area contributed by atoms with Crippen LogP contribution >= 0.6 is 0 Å². The van der Waals surface area contributed by atoms with Crippen LogP contribution in [0.5, 0.6) is 5.75 Å².